The second-order valence-corrected chi connectivity index (χ2v) is 7.96. The predicted molar refractivity (Wildman–Crippen MR) is 76.5 cm³/mol. The minimum Gasteiger partial charge on any atom is -0.309 e. The normalized spacial score (nSPS) is 15.2. The van der Waals surface area contributed by atoms with E-state index in [1.54, 1.807) is 23.7 Å². The predicted octanol–water partition coefficient (Wildman–Crippen LogP) is 3.28. The topological polar surface area (TPSA) is 58.6 Å². The van der Waals surface area contributed by atoms with E-state index in [-0.39, 0.29) is 13.0 Å². The van der Waals surface area contributed by atoms with Gasteiger partial charge in [-0.25, -0.2) is 17.9 Å². The van der Waals surface area contributed by atoms with Crippen LogP contribution in [0, 0.1) is 0 Å². The number of sulfonamides is 1. The Hall–Kier alpha value is -0.940. The third-order valence-electron chi connectivity index (χ3n) is 3.19. The maximum atomic E-state index is 13.4. The second-order valence-electron chi connectivity index (χ2n) is 6.03. The molecule has 1 N–H and O–H groups in total. The zero-order valence-electron chi connectivity index (χ0n) is 14.8. The van der Waals surface area contributed by atoms with Crippen LogP contribution in [0.3, 0.4) is 0 Å². The first-order valence-electron chi connectivity index (χ1n) is 7.48. The van der Waals surface area contributed by atoms with Gasteiger partial charge in [0.1, 0.15) is 0 Å². The number of hydrogen-bond acceptors (Lipinski definition) is 4. The standard InChI is InChI=1S/C12H17F11N2O3S/c1-25(2)6-3-5-24-29(26,27)7-4-8(13,14)11(20,21)28-12(22,23)9(15,16)10(17,18)19/h24H,3-7H2,1-2H3. The first-order valence-corrected chi connectivity index (χ1v) is 9.13. The Kier molecular flexibility index (Phi) is 8.76. The van der Waals surface area contributed by atoms with Gasteiger partial charge >= 0.3 is 30.2 Å². The van der Waals surface area contributed by atoms with E-state index in [1.807, 2.05) is 4.74 Å². The Bertz CT molecular complexity index is 635. The molecule has 0 aliphatic heterocycles. The van der Waals surface area contributed by atoms with Crippen LogP contribution in [-0.4, -0.2) is 76.5 Å². The number of halogens is 11. The van der Waals surface area contributed by atoms with Gasteiger partial charge in [0.25, 0.3) is 0 Å². The van der Waals surface area contributed by atoms with Crippen LogP contribution in [0.4, 0.5) is 48.3 Å². The highest BCUT2D eigenvalue weighted by Gasteiger charge is 2.78. The van der Waals surface area contributed by atoms with E-state index in [2.05, 4.69) is 0 Å². The van der Waals surface area contributed by atoms with E-state index in [4.69, 9.17) is 0 Å². The maximum Gasteiger partial charge on any atom is 0.462 e. The van der Waals surface area contributed by atoms with Gasteiger partial charge in [-0.15, -0.1) is 0 Å². The van der Waals surface area contributed by atoms with E-state index in [0.717, 1.165) is 0 Å². The fraction of sp³-hybridized carbons (Fsp3) is 1.00. The molecule has 0 atom stereocenters. The molecule has 176 valence electrons. The molecule has 0 heterocycles. The van der Waals surface area contributed by atoms with Crippen molar-refractivity contribution >= 4 is 10.0 Å². The van der Waals surface area contributed by atoms with Crippen LogP contribution in [-0.2, 0) is 14.8 Å². The lowest BCUT2D eigenvalue weighted by Gasteiger charge is -2.33. The van der Waals surface area contributed by atoms with Gasteiger partial charge in [-0.2, -0.15) is 48.3 Å². The van der Waals surface area contributed by atoms with Crippen LogP contribution in [0.1, 0.15) is 12.8 Å². The lowest BCUT2D eigenvalue weighted by atomic mass is 10.2. The summed E-state index contributed by atoms with van der Waals surface area (Å²) in [6, 6.07) is 0. The van der Waals surface area contributed by atoms with Crippen LogP contribution in [0.15, 0.2) is 0 Å². The average molecular weight is 478 g/mol. The van der Waals surface area contributed by atoms with Crippen molar-refractivity contribution in [1.29, 1.82) is 0 Å². The first kappa shape index (κ1) is 28.1. The molecule has 29 heavy (non-hydrogen) atoms. The van der Waals surface area contributed by atoms with Crippen LogP contribution >= 0.6 is 0 Å². The van der Waals surface area contributed by atoms with E-state index in [0.29, 0.717) is 6.54 Å². The van der Waals surface area contributed by atoms with Crippen LogP contribution in [0.5, 0.6) is 0 Å². The molecule has 0 aromatic heterocycles. The minimum atomic E-state index is -7.22. The summed E-state index contributed by atoms with van der Waals surface area (Å²) < 4.78 is 166. The van der Waals surface area contributed by atoms with Gasteiger partial charge in [-0.1, -0.05) is 0 Å². The van der Waals surface area contributed by atoms with Crippen molar-refractivity contribution in [3.05, 3.63) is 0 Å². The molecule has 0 unspecified atom stereocenters. The van der Waals surface area contributed by atoms with Crippen molar-refractivity contribution in [2.24, 2.45) is 0 Å². The van der Waals surface area contributed by atoms with Crippen molar-refractivity contribution in [2.45, 2.75) is 43.1 Å². The molecule has 0 aromatic carbocycles. The number of nitrogens with one attached hydrogen (secondary N) is 1. The molecule has 0 aliphatic carbocycles. The quantitative estimate of drug-likeness (QED) is 0.346. The summed E-state index contributed by atoms with van der Waals surface area (Å²) in [5.41, 5.74) is 0. The van der Waals surface area contributed by atoms with Crippen molar-refractivity contribution in [3.63, 3.8) is 0 Å². The monoisotopic (exact) mass is 478 g/mol. The lowest BCUT2D eigenvalue weighted by Crippen LogP contribution is -2.58. The Morgan fingerprint density at radius 2 is 1.34 bits per heavy atom. The molecule has 17 heteroatoms. The smallest absolute Gasteiger partial charge is 0.309 e. The van der Waals surface area contributed by atoms with Crippen molar-refractivity contribution < 1.29 is 61.4 Å². The fourth-order valence-corrected chi connectivity index (χ4v) is 2.69. The number of rotatable bonds is 12. The largest absolute Gasteiger partial charge is 0.462 e. The third-order valence-corrected chi connectivity index (χ3v) is 4.58. The first-order chi connectivity index (χ1) is 12.6. The molecule has 0 amide bonds. The van der Waals surface area contributed by atoms with Gasteiger partial charge in [0.2, 0.25) is 10.0 Å². The highest BCUT2D eigenvalue weighted by molar-refractivity contribution is 7.89. The molecule has 0 aliphatic rings. The second kappa shape index (κ2) is 9.05. The van der Waals surface area contributed by atoms with Gasteiger partial charge in [0.15, 0.2) is 0 Å². The number of alkyl halides is 11. The molecule has 0 saturated carbocycles. The molecule has 0 radical (unpaired) electrons. The summed E-state index contributed by atoms with van der Waals surface area (Å²) in [7, 11) is -1.38. The summed E-state index contributed by atoms with van der Waals surface area (Å²) in [4.78, 5) is 1.62. The van der Waals surface area contributed by atoms with Gasteiger partial charge < -0.3 is 4.90 Å². The maximum absolute atomic E-state index is 13.4. The minimum absolute atomic E-state index is 0.181. The third kappa shape index (κ3) is 7.67. The Morgan fingerprint density at radius 3 is 1.76 bits per heavy atom. The van der Waals surface area contributed by atoms with E-state index >= 15 is 0 Å². The summed E-state index contributed by atoms with van der Waals surface area (Å²) in [5.74, 6) is -14.8. The summed E-state index contributed by atoms with van der Waals surface area (Å²) in [5, 5.41) is 0. The number of nitrogens with zero attached hydrogens (tertiary/aromatic N) is 1. The highest BCUT2D eigenvalue weighted by atomic mass is 32.2. The van der Waals surface area contributed by atoms with E-state index < -0.39 is 52.4 Å². The highest BCUT2D eigenvalue weighted by Crippen LogP contribution is 2.51. The fourth-order valence-electron chi connectivity index (χ4n) is 1.57. The molecular formula is C12H17F11N2O3S. The van der Waals surface area contributed by atoms with Gasteiger partial charge in [-0.3, -0.25) is 0 Å². The van der Waals surface area contributed by atoms with Gasteiger partial charge in [0.05, 0.1) is 5.75 Å². The summed E-state index contributed by atoms with van der Waals surface area (Å²) in [6.07, 6.45) is -22.9. The molecule has 0 fully saturated rings. The van der Waals surface area contributed by atoms with Crippen molar-refractivity contribution in [3.8, 4) is 0 Å². The molecule has 0 aromatic rings. The molecule has 0 saturated heterocycles. The van der Waals surface area contributed by atoms with Gasteiger partial charge in [0, 0.05) is 13.0 Å². The van der Waals surface area contributed by atoms with E-state index in [9.17, 15) is 56.7 Å². The zero-order chi connectivity index (χ0) is 23.5. The lowest BCUT2D eigenvalue weighted by molar-refractivity contribution is -0.496. The Labute approximate surface area is 158 Å². The van der Waals surface area contributed by atoms with Crippen LogP contribution < -0.4 is 4.72 Å². The average Bonchev–Trinajstić information content (AvgIpc) is 2.47. The number of ether oxygens (including phenoxy) is 1. The molecular weight excluding hydrogens is 461 g/mol. The SMILES string of the molecule is CN(C)CCCNS(=O)(=O)CCC(F)(F)C(F)(F)OC(F)(F)C(F)(F)C(F)(F)F. The Morgan fingerprint density at radius 1 is 0.862 bits per heavy atom. The van der Waals surface area contributed by atoms with Crippen LogP contribution in [0.25, 0.3) is 0 Å². The summed E-state index contributed by atoms with van der Waals surface area (Å²) >= 11 is 0. The van der Waals surface area contributed by atoms with Crippen molar-refractivity contribution in [2.75, 3.05) is 32.9 Å². The summed E-state index contributed by atoms with van der Waals surface area (Å²) in [6.45, 7) is 0.0575. The molecule has 5 nitrogen and oxygen atoms in total. The van der Waals surface area contributed by atoms with Crippen molar-refractivity contribution in [1.82, 2.24) is 9.62 Å². The van der Waals surface area contributed by atoms with E-state index in [1.165, 1.54) is 0 Å². The Balaban J connectivity index is 5.14. The number of hydrogen-bond donors (Lipinski definition) is 1. The molecule has 0 bridgehead atoms. The van der Waals surface area contributed by atoms with Crippen LogP contribution in [0.2, 0.25) is 0 Å². The molecule has 0 rings (SSSR count). The van der Waals surface area contributed by atoms with Gasteiger partial charge in [-0.05, 0) is 27.1 Å². The molecule has 0 spiro atoms. The zero-order valence-corrected chi connectivity index (χ0v) is 15.6.